The van der Waals surface area contributed by atoms with Gasteiger partial charge in [-0.05, 0) is 30.7 Å². The second-order valence-electron chi connectivity index (χ2n) is 8.42. The van der Waals surface area contributed by atoms with Crippen LogP contribution in [0.1, 0.15) is 11.1 Å². The number of halogens is 1. The van der Waals surface area contributed by atoms with Gasteiger partial charge >= 0.3 is 6.09 Å². The third kappa shape index (κ3) is 4.35. The molecule has 186 valence electrons. The zero-order chi connectivity index (χ0) is 25.5. The number of nitrogens with zero attached hydrogens (tertiary/aromatic N) is 5. The van der Waals surface area contributed by atoms with E-state index in [4.69, 9.17) is 19.2 Å². The summed E-state index contributed by atoms with van der Waals surface area (Å²) in [6.07, 6.45) is 3.59. The molecule has 5 aromatic rings. The number of fused-ring (bicyclic) bond motifs is 4. The number of ether oxygens (including phenoxy) is 3. The van der Waals surface area contributed by atoms with Crippen LogP contribution in [-0.2, 0) is 11.2 Å². The lowest BCUT2D eigenvalue weighted by atomic mass is 10.1. The maximum atomic E-state index is 15.0. The van der Waals surface area contributed by atoms with Gasteiger partial charge in [0.1, 0.15) is 17.7 Å². The second-order valence-corrected chi connectivity index (χ2v) is 9.42. The molecule has 0 aliphatic carbocycles. The topological polar surface area (TPSA) is 121 Å². The van der Waals surface area contributed by atoms with Crippen LogP contribution >= 0.6 is 11.3 Å². The Kier molecular flexibility index (Phi) is 5.72. The number of aryl methyl sites for hydroxylation is 1. The fraction of sp³-hybridized carbons (Fsp3) is 0.200. The third-order valence-electron chi connectivity index (χ3n) is 5.84. The monoisotopic (exact) mass is 518 g/mol. The molecule has 12 heteroatoms. The first-order chi connectivity index (χ1) is 18.0. The number of carbonyl (C=O) groups excluding carboxylic acids is 1. The molecule has 2 aromatic carbocycles. The molecular weight excluding hydrogens is 499 g/mol. The zero-order valence-corrected chi connectivity index (χ0v) is 20.5. The lowest BCUT2D eigenvalue weighted by Crippen LogP contribution is -2.25. The number of thiazole rings is 1. The van der Waals surface area contributed by atoms with Crippen LogP contribution in [0.3, 0.4) is 0 Å². The number of methoxy groups -OCH3 is 1. The fourth-order valence-electron chi connectivity index (χ4n) is 4.23. The molecule has 3 aromatic heterocycles. The van der Waals surface area contributed by atoms with Gasteiger partial charge in [-0.1, -0.05) is 0 Å². The van der Waals surface area contributed by atoms with Crippen LogP contribution in [0.25, 0.3) is 31.8 Å². The summed E-state index contributed by atoms with van der Waals surface area (Å²) < 4.78 is 32.1. The van der Waals surface area contributed by atoms with Gasteiger partial charge in [-0.15, -0.1) is 11.3 Å². The highest BCUT2D eigenvalue weighted by Gasteiger charge is 2.31. The lowest BCUT2D eigenvalue weighted by Gasteiger charge is -2.11. The van der Waals surface area contributed by atoms with E-state index in [0.29, 0.717) is 45.1 Å². The van der Waals surface area contributed by atoms with Crippen molar-refractivity contribution in [1.82, 2.24) is 25.1 Å². The number of anilines is 1. The number of aromatic nitrogens is 5. The van der Waals surface area contributed by atoms with Crippen LogP contribution < -0.4 is 14.8 Å². The highest BCUT2D eigenvalue weighted by molar-refractivity contribution is 7.22. The van der Waals surface area contributed by atoms with Gasteiger partial charge in [0.15, 0.2) is 11.6 Å². The molecule has 1 atom stereocenters. The van der Waals surface area contributed by atoms with Gasteiger partial charge in [0.2, 0.25) is 5.88 Å². The fourth-order valence-corrected chi connectivity index (χ4v) is 5.34. The third-order valence-corrected chi connectivity index (χ3v) is 7.00. The van der Waals surface area contributed by atoms with Crippen LogP contribution in [-0.4, -0.2) is 51.1 Å². The number of rotatable bonds is 5. The summed E-state index contributed by atoms with van der Waals surface area (Å²) in [6, 6.07) is 6.87. The Balaban J connectivity index is 1.27. The van der Waals surface area contributed by atoms with Gasteiger partial charge in [0.25, 0.3) is 0 Å². The van der Waals surface area contributed by atoms with Crippen LogP contribution in [0, 0.1) is 12.7 Å². The Bertz CT molecular complexity index is 1660. The van der Waals surface area contributed by atoms with Crippen molar-refractivity contribution in [3.63, 3.8) is 0 Å². The lowest BCUT2D eigenvalue weighted by molar-refractivity contribution is 0.100. The number of carbonyl (C=O) groups is 1. The minimum absolute atomic E-state index is 0.0500. The van der Waals surface area contributed by atoms with Crippen LogP contribution in [0.5, 0.6) is 11.6 Å². The minimum Gasteiger partial charge on any atom is -0.483 e. The summed E-state index contributed by atoms with van der Waals surface area (Å²) >= 11 is 1.44. The van der Waals surface area contributed by atoms with Crippen molar-refractivity contribution in [1.29, 1.82) is 0 Å². The van der Waals surface area contributed by atoms with E-state index in [1.165, 1.54) is 29.8 Å². The normalized spacial score (nSPS) is 14.4. The maximum Gasteiger partial charge on any atom is 0.411 e. The van der Waals surface area contributed by atoms with Crippen molar-refractivity contribution in [2.24, 2.45) is 0 Å². The van der Waals surface area contributed by atoms with E-state index in [-0.39, 0.29) is 12.4 Å². The van der Waals surface area contributed by atoms with E-state index in [1.807, 2.05) is 19.1 Å². The summed E-state index contributed by atoms with van der Waals surface area (Å²) in [5.74, 6) is 0.0752. The van der Waals surface area contributed by atoms with Crippen molar-refractivity contribution >= 4 is 44.4 Å². The first-order valence-corrected chi connectivity index (χ1v) is 12.1. The van der Waals surface area contributed by atoms with Crippen molar-refractivity contribution in [3.05, 3.63) is 59.8 Å². The molecule has 6 rings (SSSR count). The second kappa shape index (κ2) is 9.21. The molecule has 0 radical (unpaired) electrons. The number of hydrogen-bond donors (Lipinski definition) is 1. The molecule has 0 spiro atoms. The average Bonchev–Trinajstić information content (AvgIpc) is 3.52. The molecule has 0 unspecified atom stereocenters. The molecule has 0 fully saturated rings. The van der Waals surface area contributed by atoms with Crippen molar-refractivity contribution in [3.8, 4) is 22.2 Å². The molecule has 0 saturated carbocycles. The zero-order valence-electron chi connectivity index (χ0n) is 19.7. The maximum absolute atomic E-state index is 15.0. The summed E-state index contributed by atoms with van der Waals surface area (Å²) in [4.78, 5) is 25.9. The molecule has 1 aliphatic heterocycles. The Morgan fingerprint density at radius 2 is 2.11 bits per heavy atom. The van der Waals surface area contributed by atoms with Crippen molar-refractivity contribution in [2.45, 2.75) is 19.4 Å². The minimum atomic E-state index is -0.665. The SMILES string of the molecule is COc1cnc2c(-c3nc4cc(F)c5c(c4s3)C[C@H](COC(=O)Nc3ccnnc3)O5)cc(C)cc2n1. The van der Waals surface area contributed by atoms with E-state index in [0.717, 1.165) is 15.8 Å². The van der Waals surface area contributed by atoms with E-state index in [1.54, 1.807) is 19.4 Å². The van der Waals surface area contributed by atoms with Gasteiger partial charge in [-0.3, -0.25) is 5.32 Å². The molecule has 10 nitrogen and oxygen atoms in total. The predicted octanol–water partition coefficient (Wildman–Crippen LogP) is 4.70. The number of hydrogen-bond acceptors (Lipinski definition) is 10. The van der Waals surface area contributed by atoms with Gasteiger partial charge in [-0.25, -0.2) is 24.1 Å². The molecule has 4 heterocycles. The molecular formula is C25H19FN6O4S. The molecule has 37 heavy (non-hydrogen) atoms. The van der Waals surface area contributed by atoms with E-state index in [2.05, 4.69) is 25.5 Å². The van der Waals surface area contributed by atoms with E-state index in [9.17, 15) is 9.18 Å². The molecule has 1 aliphatic rings. The highest BCUT2D eigenvalue weighted by atomic mass is 32.1. The van der Waals surface area contributed by atoms with Gasteiger partial charge < -0.3 is 14.2 Å². The summed E-state index contributed by atoms with van der Waals surface area (Å²) in [6.45, 7) is 1.92. The van der Waals surface area contributed by atoms with E-state index < -0.39 is 18.0 Å². The van der Waals surface area contributed by atoms with Crippen LogP contribution in [0.15, 0.2) is 42.9 Å². The van der Waals surface area contributed by atoms with Crippen molar-refractivity contribution in [2.75, 3.05) is 19.0 Å². The number of amides is 1. The Morgan fingerprint density at radius 3 is 2.92 bits per heavy atom. The summed E-state index contributed by atoms with van der Waals surface area (Å²) in [7, 11) is 1.54. The van der Waals surface area contributed by atoms with Crippen LogP contribution in [0.4, 0.5) is 14.9 Å². The highest BCUT2D eigenvalue weighted by Crippen LogP contribution is 2.43. The first-order valence-electron chi connectivity index (χ1n) is 11.3. The quantitative estimate of drug-likeness (QED) is 0.353. The smallest absolute Gasteiger partial charge is 0.411 e. The number of benzene rings is 2. The molecule has 1 amide bonds. The van der Waals surface area contributed by atoms with Crippen molar-refractivity contribution < 1.29 is 23.4 Å². The average molecular weight is 519 g/mol. The Hall–Kier alpha value is -4.45. The Labute approximate surface area is 213 Å². The molecule has 1 N–H and O–H groups in total. The number of nitrogens with one attached hydrogen (secondary N) is 1. The predicted molar refractivity (Wildman–Crippen MR) is 135 cm³/mol. The van der Waals surface area contributed by atoms with Crippen LogP contribution in [0.2, 0.25) is 0 Å². The molecule has 0 saturated heterocycles. The van der Waals surface area contributed by atoms with Gasteiger partial charge in [-0.2, -0.15) is 10.2 Å². The molecule has 0 bridgehead atoms. The van der Waals surface area contributed by atoms with Gasteiger partial charge in [0, 0.05) is 23.6 Å². The summed E-state index contributed by atoms with van der Waals surface area (Å²) in [5, 5.41) is 10.6. The van der Waals surface area contributed by atoms with Gasteiger partial charge in [0.05, 0.1) is 52.6 Å². The Morgan fingerprint density at radius 1 is 1.22 bits per heavy atom. The van der Waals surface area contributed by atoms with E-state index >= 15 is 0 Å². The largest absolute Gasteiger partial charge is 0.483 e. The first kappa shape index (κ1) is 23.0. The summed E-state index contributed by atoms with van der Waals surface area (Å²) in [5.41, 5.74) is 4.85. The standard InChI is InChI=1S/C25H19FN6O4S/c1-12-5-15(21-18(6-12)31-20(34-2)10-27-21)24-32-19-8-17(26)22-16(23(19)37-24)7-14(36-22)11-35-25(33)30-13-3-4-28-29-9-13/h3-6,8-10,14H,7,11H2,1-2H3,(H,28,30,33)/t14-/m1/s1.